The molecule has 1 saturated heterocycles. The van der Waals surface area contributed by atoms with Crippen molar-refractivity contribution in [3.8, 4) is 0 Å². The van der Waals surface area contributed by atoms with Gasteiger partial charge < -0.3 is 9.64 Å². The van der Waals surface area contributed by atoms with Gasteiger partial charge in [-0.05, 0) is 18.1 Å². The average molecular weight is 299 g/mol. The van der Waals surface area contributed by atoms with E-state index in [9.17, 15) is 14.9 Å². The van der Waals surface area contributed by atoms with E-state index in [1.54, 1.807) is 12.1 Å². The van der Waals surface area contributed by atoms with E-state index in [0.29, 0.717) is 23.8 Å². The highest BCUT2D eigenvalue weighted by molar-refractivity contribution is 6.30. The summed E-state index contributed by atoms with van der Waals surface area (Å²) in [6.45, 7) is 2.92. The molecule has 1 aliphatic heterocycles. The maximum absolute atomic E-state index is 11.7. The number of carbonyl (C=O) groups is 1. The van der Waals surface area contributed by atoms with Gasteiger partial charge in [0, 0.05) is 24.2 Å². The van der Waals surface area contributed by atoms with E-state index in [0.717, 1.165) is 0 Å². The standard InChI is InChI=1S/C13H15ClN2O4/c1-8-6-15(7-10(8)13(17)20-2)11-4-3-9(14)5-12(11)16(18)19/h3-5,8,10H,6-7H2,1-2H3. The third-order valence-electron chi connectivity index (χ3n) is 3.59. The fourth-order valence-electron chi connectivity index (χ4n) is 2.53. The Morgan fingerprint density at radius 2 is 2.20 bits per heavy atom. The zero-order chi connectivity index (χ0) is 14.9. The lowest BCUT2D eigenvalue weighted by Crippen LogP contribution is -2.24. The molecular formula is C13H15ClN2O4. The summed E-state index contributed by atoms with van der Waals surface area (Å²) in [4.78, 5) is 24.2. The number of ether oxygens (including phenoxy) is 1. The van der Waals surface area contributed by atoms with Gasteiger partial charge in [-0.3, -0.25) is 14.9 Å². The van der Waals surface area contributed by atoms with Gasteiger partial charge in [0.25, 0.3) is 5.69 Å². The number of nitrogens with zero attached hydrogens (tertiary/aromatic N) is 2. The zero-order valence-electron chi connectivity index (χ0n) is 11.2. The second-order valence-electron chi connectivity index (χ2n) is 4.90. The van der Waals surface area contributed by atoms with Gasteiger partial charge >= 0.3 is 5.97 Å². The molecule has 1 aromatic rings. The van der Waals surface area contributed by atoms with E-state index in [1.807, 2.05) is 11.8 Å². The molecule has 0 amide bonds. The summed E-state index contributed by atoms with van der Waals surface area (Å²) in [7, 11) is 1.35. The molecule has 2 rings (SSSR count). The van der Waals surface area contributed by atoms with Crippen LogP contribution in [0.25, 0.3) is 0 Å². The monoisotopic (exact) mass is 298 g/mol. The highest BCUT2D eigenvalue weighted by atomic mass is 35.5. The number of halogens is 1. The van der Waals surface area contributed by atoms with Crippen LogP contribution in [0.2, 0.25) is 5.02 Å². The van der Waals surface area contributed by atoms with E-state index in [1.165, 1.54) is 13.2 Å². The van der Waals surface area contributed by atoms with Crippen molar-refractivity contribution < 1.29 is 14.5 Å². The van der Waals surface area contributed by atoms with Crippen LogP contribution in [-0.2, 0) is 9.53 Å². The lowest BCUT2D eigenvalue weighted by molar-refractivity contribution is -0.384. The molecule has 0 aliphatic carbocycles. The Morgan fingerprint density at radius 3 is 2.80 bits per heavy atom. The first-order valence-corrected chi connectivity index (χ1v) is 6.58. The van der Waals surface area contributed by atoms with Crippen LogP contribution in [0.3, 0.4) is 0 Å². The molecule has 0 spiro atoms. The summed E-state index contributed by atoms with van der Waals surface area (Å²) in [5.41, 5.74) is 0.438. The van der Waals surface area contributed by atoms with E-state index in [-0.39, 0.29) is 23.5 Å². The Kier molecular flexibility index (Phi) is 4.13. The number of carbonyl (C=O) groups excluding carboxylic acids is 1. The minimum Gasteiger partial charge on any atom is -0.469 e. The van der Waals surface area contributed by atoms with Crippen molar-refractivity contribution in [2.24, 2.45) is 11.8 Å². The van der Waals surface area contributed by atoms with Gasteiger partial charge in [-0.2, -0.15) is 0 Å². The first kappa shape index (κ1) is 14.6. The predicted molar refractivity (Wildman–Crippen MR) is 75.0 cm³/mol. The molecule has 2 unspecified atom stereocenters. The Balaban J connectivity index is 2.30. The van der Waals surface area contributed by atoms with Crippen LogP contribution in [0.4, 0.5) is 11.4 Å². The molecule has 6 nitrogen and oxygen atoms in total. The number of nitro benzene ring substituents is 1. The van der Waals surface area contributed by atoms with Crippen LogP contribution >= 0.6 is 11.6 Å². The highest BCUT2D eigenvalue weighted by Gasteiger charge is 2.37. The second kappa shape index (κ2) is 5.66. The number of anilines is 1. The fourth-order valence-corrected chi connectivity index (χ4v) is 2.70. The molecule has 1 heterocycles. The van der Waals surface area contributed by atoms with Crippen LogP contribution in [0.15, 0.2) is 18.2 Å². The molecule has 0 bridgehead atoms. The first-order chi connectivity index (χ1) is 9.43. The van der Waals surface area contributed by atoms with Gasteiger partial charge in [-0.25, -0.2) is 0 Å². The van der Waals surface area contributed by atoms with Crippen molar-refractivity contribution in [2.45, 2.75) is 6.92 Å². The normalized spacial score (nSPS) is 21.9. The topological polar surface area (TPSA) is 72.7 Å². The molecule has 0 radical (unpaired) electrons. The molecular weight excluding hydrogens is 284 g/mol. The van der Waals surface area contributed by atoms with Crippen molar-refractivity contribution >= 4 is 28.9 Å². The van der Waals surface area contributed by atoms with E-state index in [4.69, 9.17) is 16.3 Å². The van der Waals surface area contributed by atoms with E-state index >= 15 is 0 Å². The Morgan fingerprint density at radius 1 is 1.50 bits per heavy atom. The number of hydrogen-bond donors (Lipinski definition) is 0. The highest BCUT2D eigenvalue weighted by Crippen LogP contribution is 2.36. The molecule has 0 N–H and O–H groups in total. The van der Waals surface area contributed by atoms with Crippen molar-refractivity contribution in [1.29, 1.82) is 0 Å². The molecule has 1 aromatic carbocycles. The first-order valence-electron chi connectivity index (χ1n) is 6.20. The summed E-state index contributed by atoms with van der Waals surface area (Å²) in [6, 6.07) is 4.56. The number of nitro groups is 1. The Hall–Kier alpha value is -1.82. The van der Waals surface area contributed by atoms with Gasteiger partial charge in [-0.1, -0.05) is 18.5 Å². The summed E-state index contributed by atoms with van der Waals surface area (Å²) >= 11 is 5.80. The molecule has 0 saturated carbocycles. The number of hydrogen-bond acceptors (Lipinski definition) is 5. The average Bonchev–Trinajstić information content (AvgIpc) is 2.79. The lowest BCUT2D eigenvalue weighted by Gasteiger charge is -2.18. The van der Waals surface area contributed by atoms with Crippen molar-refractivity contribution in [3.05, 3.63) is 33.3 Å². The summed E-state index contributed by atoms with van der Waals surface area (Å²) in [5, 5.41) is 11.4. The maximum Gasteiger partial charge on any atom is 0.310 e. The Bertz CT molecular complexity index is 549. The number of rotatable bonds is 3. The molecule has 7 heteroatoms. The van der Waals surface area contributed by atoms with Crippen LogP contribution in [0.1, 0.15) is 6.92 Å². The molecule has 1 fully saturated rings. The van der Waals surface area contributed by atoms with Crippen molar-refractivity contribution in [3.63, 3.8) is 0 Å². The second-order valence-corrected chi connectivity index (χ2v) is 5.34. The molecule has 20 heavy (non-hydrogen) atoms. The van der Waals surface area contributed by atoms with E-state index < -0.39 is 4.92 Å². The third-order valence-corrected chi connectivity index (χ3v) is 3.83. The van der Waals surface area contributed by atoms with Gasteiger partial charge in [0.15, 0.2) is 0 Å². The number of benzene rings is 1. The molecule has 0 aromatic heterocycles. The van der Waals surface area contributed by atoms with Crippen molar-refractivity contribution in [2.75, 3.05) is 25.1 Å². The summed E-state index contributed by atoms with van der Waals surface area (Å²) in [6.07, 6.45) is 0. The zero-order valence-corrected chi connectivity index (χ0v) is 12.0. The minimum atomic E-state index is -0.461. The SMILES string of the molecule is COC(=O)C1CN(c2ccc(Cl)cc2[N+](=O)[O-])CC1C. The predicted octanol–water partition coefficient (Wildman–Crippen LogP) is 2.49. The number of esters is 1. The van der Waals surface area contributed by atoms with Crippen molar-refractivity contribution in [1.82, 2.24) is 0 Å². The van der Waals surface area contributed by atoms with Gasteiger partial charge in [-0.15, -0.1) is 0 Å². The molecule has 1 aliphatic rings. The minimum absolute atomic E-state index is 0.0461. The largest absolute Gasteiger partial charge is 0.469 e. The molecule has 2 atom stereocenters. The summed E-state index contributed by atoms with van der Waals surface area (Å²) < 4.78 is 4.76. The Labute approximate surface area is 121 Å². The van der Waals surface area contributed by atoms with Crippen LogP contribution in [-0.4, -0.2) is 31.1 Å². The lowest BCUT2D eigenvalue weighted by atomic mass is 9.99. The van der Waals surface area contributed by atoms with Gasteiger partial charge in [0.2, 0.25) is 0 Å². The van der Waals surface area contributed by atoms with Crippen LogP contribution in [0, 0.1) is 22.0 Å². The number of methoxy groups -OCH3 is 1. The van der Waals surface area contributed by atoms with Gasteiger partial charge in [0.05, 0.1) is 18.0 Å². The third kappa shape index (κ3) is 2.70. The summed E-state index contributed by atoms with van der Waals surface area (Å²) in [5.74, 6) is -0.468. The quantitative estimate of drug-likeness (QED) is 0.487. The smallest absolute Gasteiger partial charge is 0.310 e. The maximum atomic E-state index is 11.7. The van der Waals surface area contributed by atoms with Crippen LogP contribution in [0.5, 0.6) is 0 Å². The van der Waals surface area contributed by atoms with Crippen LogP contribution < -0.4 is 4.90 Å². The van der Waals surface area contributed by atoms with Gasteiger partial charge in [0.1, 0.15) is 5.69 Å². The van der Waals surface area contributed by atoms with E-state index in [2.05, 4.69) is 0 Å². The molecule has 108 valence electrons. The fraction of sp³-hybridized carbons (Fsp3) is 0.462.